The van der Waals surface area contributed by atoms with Gasteiger partial charge in [-0.1, -0.05) is 0 Å². The highest BCUT2D eigenvalue weighted by Gasteiger charge is 2.30. The average Bonchev–Trinajstić information content (AvgIpc) is 3.10. The number of carbonyl (C=O) groups is 1. The molecular formula is C13H16FNO. The smallest absolute Gasteiger partial charge is 0.150 e. The molecule has 1 fully saturated rings. The van der Waals surface area contributed by atoms with E-state index in [9.17, 15) is 9.18 Å². The van der Waals surface area contributed by atoms with Crippen LogP contribution in [0.5, 0.6) is 0 Å². The quantitative estimate of drug-likeness (QED) is 0.729. The standard InChI is InChI=1S/C13H16FNO/c1-9(11-3-4-11)15(2)13-6-10(8-16)5-12(14)7-13/h5-9,11H,3-4H2,1-2H3. The van der Waals surface area contributed by atoms with Crippen LogP contribution in [0.3, 0.4) is 0 Å². The van der Waals surface area contributed by atoms with Crippen LogP contribution in [-0.4, -0.2) is 19.4 Å². The average molecular weight is 221 g/mol. The molecule has 0 aliphatic heterocycles. The first-order valence-corrected chi connectivity index (χ1v) is 5.60. The predicted molar refractivity (Wildman–Crippen MR) is 62.4 cm³/mol. The van der Waals surface area contributed by atoms with Crippen molar-refractivity contribution in [2.75, 3.05) is 11.9 Å². The van der Waals surface area contributed by atoms with Crippen LogP contribution in [0.4, 0.5) is 10.1 Å². The van der Waals surface area contributed by atoms with E-state index in [2.05, 4.69) is 6.92 Å². The second-order valence-corrected chi connectivity index (χ2v) is 4.55. The summed E-state index contributed by atoms with van der Waals surface area (Å²) in [6, 6.07) is 4.87. The summed E-state index contributed by atoms with van der Waals surface area (Å²) >= 11 is 0. The van der Waals surface area contributed by atoms with Crippen LogP contribution in [0, 0.1) is 11.7 Å². The highest BCUT2D eigenvalue weighted by atomic mass is 19.1. The molecule has 1 aromatic carbocycles. The van der Waals surface area contributed by atoms with Crippen molar-refractivity contribution in [1.29, 1.82) is 0 Å². The zero-order valence-electron chi connectivity index (χ0n) is 9.61. The zero-order chi connectivity index (χ0) is 11.7. The Kier molecular flexibility index (Phi) is 2.95. The first kappa shape index (κ1) is 11.1. The zero-order valence-corrected chi connectivity index (χ0v) is 9.61. The van der Waals surface area contributed by atoms with Gasteiger partial charge in [0.25, 0.3) is 0 Å². The van der Waals surface area contributed by atoms with Gasteiger partial charge in [-0.3, -0.25) is 4.79 Å². The second kappa shape index (κ2) is 4.24. The minimum Gasteiger partial charge on any atom is -0.372 e. The summed E-state index contributed by atoms with van der Waals surface area (Å²) in [6.07, 6.45) is 3.19. The van der Waals surface area contributed by atoms with Crippen LogP contribution < -0.4 is 4.90 Å². The molecule has 1 atom stereocenters. The number of aldehydes is 1. The first-order chi connectivity index (χ1) is 7.61. The maximum atomic E-state index is 13.3. The van der Waals surface area contributed by atoms with Crippen molar-refractivity contribution < 1.29 is 9.18 Å². The molecule has 0 amide bonds. The summed E-state index contributed by atoms with van der Waals surface area (Å²) < 4.78 is 13.3. The van der Waals surface area contributed by atoms with Crippen LogP contribution >= 0.6 is 0 Å². The molecule has 1 aliphatic rings. The molecule has 0 N–H and O–H groups in total. The van der Waals surface area contributed by atoms with Gasteiger partial charge in [0.2, 0.25) is 0 Å². The lowest BCUT2D eigenvalue weighted by Gasteiger charge is -2.27. The number of halogens is 1. The molecule has 1 unspecified atom stereocenters. The lowest BCUT2D eigenvalue weighted by molar-refractivity contribution is 0.112. The summed E-state index contributed by atoms with van der Waals surface area (Å²) in [6.45, 7) is 2.14. The summed E-state index contributed by atoms with van der Waals surface area (Å²) in [5.74, 6) is 0.363. The Hall–Kier alpha value is -1.38. The van der Waals surface area contributed by atoms with Crippen molar-refractivity contribution in [1.82, 2.24) is 0 Å². The molecule has 0 radical (unpaired) electrons. The van der Waals surface area contributed by atoms with Crippen LogP contribution in [-0.2, 0) is 0 Å². The van der Waals surface area contributed by atoms with E-state index in [1.165, 1.54) is 25.0 Å². The number of anilines is 1. The molecule has 2 nitrogen and oxygen atoms in total. The van der Waals surface area contributed by atoms with Crippen LogP contribution in [0.2, 0.25) is 0 Å². The van der Waals surface area contributed by atoms with E-state index in [0.717, 1.165) is 5.69 Å². The van der Waals surface area contributed by atoms with Crippen molar-refractivity contribution in [3.8, 4) is 0 Å². The molecule has 16 heavy (non-hydrogen) atoms. The molecule has 0 aromatic heterocycles. The molecule has 1 saturated carbocycles. The second-order valence-electron chi connectivity index (χ2n) is 4.55. The van der Waals surface area contributed by atoms with Crippen molar-refractivity contribution >= 4 is 12.0 Å². The maximum Gasteiger partial charge on any atom is 0.150 e. The highest BCUT2D eigenvalue weighted by Crippen LogP contribution is 2.36. The summed E-state index contributed by atoms with van der Waals surface area (Å²) in [5, 5.41) is 0. The Morgan fingerprint density at radius 3 is 2.69 bits per heavy atom. The summed E-state index contributed by atoms with van der Waals surface area (Å²) in [5.41, 5.74) is 1.17. The third kappa shape index (κ3) is 2.23. The lowest BCUT2D eigenvalue weighted by atomic mass is 10.1. The largest absolute Gasteiger partial charge is 0.372 e. The molecule has 3 heteroatoms. The fraction of sp³-hybridized carbons (Fsp3) is 0.462. The van der Waals surface area contributed by atoms with Gasteiger partial charge >= 0.3 is 0 Å². The molecule has 1 aromatic rings. The van der Waals surface area contributed by atoms with Gasteiger partial charge in [0.05, 0.1) is 0 Å². The van der Waals surface area contributed by atoms with Gasteiger partial charge in [-0.05, 0) is 43.9 Å². The van der Waals surface area contributed by atoms with Crippen LogP contribution in [0.25, 0.3) is 0 Å². The monoisotopic (exact) mass is 221 g/mol. The van der Waals surface area contributed by atoms with E-state index in [0.29, 0.717) is 23.8 Å². The predicted octanol–water partition coefficient (Wildman–Crippen LogP) is 2.87. The van der Waals surface area contributed by atoms with E-state index < -0.39 is 0 Å². The van der Waals surface area contributed by atoms with Gasteiger partial charge in [-0.15, -0.1) is 0 Å². The fourth-order valence-electron chi connectivity index (χ4n) is 2.00. The number of hydrogen-bond donors (Lipinski definition) is 0. The molecule has 0 spiro atoms. The topological polar surface area (TPSA) is 20.3 Å². The number of hydrogen-bond acceptors (Lipinski definition) is 2. The first-order valence-electron chi connectivity index (χ1n) is 5.60. The van der Waals surface area contributed by atoms with Crippen molar-refractivity contribution in [3.63, 3.8) is 0 Å². The number of nitrogens with zero attached hydrogens (tertiary/aromatic N) is 1. The van der Waals surface area contributed by atoms with E-state index in [4.69, 9.17) is 0 Å². The molecule has 0 heterocycles. The van der Waals surface area contributed by atoms with Gasteiger partial charge < -0.3 is 4.90 Å². The Bertz CT molecular complexity index is 401. The van der Waals surface area contributed by atoms with Gasteiger partial charge in [0.15, 0.2) is 0 Å². The normalized spacial score (nSPS) is 16.9. The Morgan fingerprint density at radius 2 is 2.12 bits per heavy atom. The SMILES string of the molecule is CC(C1CC1)N(C)c1cc(F)cc(C=O)c1. The lowest BCUT2D eigenvalue weighted by Crippen LogP contribution is -2.30. The van der Waals surface area contributed by atoms with E-state index in [1.807, 2.05) is 11.9 Å². The third-order valence-electron chi connectivity index (χ3n) is 3.36. The van der Waals surface area contributed by atoms with E-state index in [1.54, 1.807) is 6.07 Å². The highest BCUT2D eigenvalue weighted by molar-refractivity contribution is 5.77. The Morgan fingerprint density at radius 1 is 1.44 bits per heavy atom. The van der Waals surface area contributed by atoms with Crippen molar-refractivity contribution in [2.24, 2.45) is 5.92 Å². The van der Waals surface area contributed by atoms with Crippen LogP contribution in [0.15, 0.2) is 18.2 Å². The van der Waals surface area contributed by atoms with Gasteiger partial charge in [-0.25, -0.2) is 4.39 Å². The molecule has 1 aliphatic carbocycles. The minimum atomic E-state index is -0.352. The molecule has 86 valence electrons. The minimum absolute atomic E-state index is 0.352. The van der Waals surface area contributed by atoms with Gasteiger partial charge in [0.1, 0.15) is 12.1 Å². The molecular weight excluding hydrogens is 205 g/mol. The van der Waals surface area contributed by atoms with Crippen LogP contribution in [0.1, 0.15) is 30.1 Å². The van der Waals surface area contributed by atoms with Crippen molar-refractivity contribution in [2.45, 2.75) is 25.8 Å². The van der Waals surface area contributed by atoms with Gasteiger partial charge in [-0.2, -0.15) is 0 Å². The van der Waals surface area contributed by atoms with E-state index >= 15 is 0 Å². The Labute approximate surface area is 95.1 Å². The Balaban J connectivity index is 2.24. The van der Waals surface area contributed by atoms with Gasteiger partial charge in [0, 0.05) is 24.3 Å². The van der Waals surface area contributed by atoms with Crippen molar-refractivity contribution in [3.05, 3.63) is 29.6 Å². The number of benzene rings is 1. The maximum absolute atomic E-state index is 13.3. The summed E-state index contributed by atoms with van der Waals surface area (Å²) in [4.78, 5) is 12.7. The third-order valence-corrected chi connectivity index (χ3v) is 3.36. The fourth-order valence-corrected chi connectivity index (χ4v) is 2.00. The molecule has 0 saturated heterocycles. The molecule has 2 rings (SSSR count). The number of rotatable bonds is 4. The summed E-state index contributed by atoms with van der Waals surface area (Å²) in [7, 11) is 1.95. The van der Waals surface area contributed by atoms with E-state index in [-0.39, 0.29) is 5.82 Å². The number of carbonyl (C=O) groups excluding carboxylic acids is 1. The molecule has 0 bridgehead atoms.